The zero-order valence-corrected chi connectivity index (χ0v) is 12.9. The van der Waals surface area contributed by atoms with Gasteiger partial charge < -0.3 is 15.5 Å². The van der Waals surface area contributed by atoms with Crippen LogP contribution in [0.4, 0.5) is 5.69 Å². The fourth-order valence-corrected chi connectivity index (χ4v) is 2.32. The number of nitrogens with one attached hydrogen (secondary N) is 1. The van der Waals surface area contributed by atoms with Crippen molar-refractivity contribution in [3.05, 3.63) is 36.2 Å². The van der Waals surface area contributed by atoms with Crippen LogP contribution in [0.15, 0.2) is 34.9 Å². The maximum absolute atomic E-state index is 12.0. The zero-order chi connectivity index (χ0) is 15.2. The van der Waals surface area contributed by atoms with Crippen LogP contribution in [0.3, 0.4) is 0 Å². The topological polar surface area (TPSA) is 81.2 Å². The van der Waals surface area contributed by atoms with Gasteiger partial charge in [0.1, 0.15) is 6.26 Å². The minimum absolute atomic E-state index is 0.176. The Morgan fingerprint density at radius 1 is 1.52 bits per heavy atom. The van der Waals surface area contributed by atoms with Crippen LogP contribution >= 0.6 is 11.8 Å². The molecule has 0 radical (unpaired) electrons. The first kappa shape index (κ1) is 15.6. The number of aromatic nitrogens is 1. The minimum atomic E-state index is -0.495. The SMILES string of the molecule is CSCC[C@H](N)C(=O)Nc1cccc(-c2nc(C)co2)c1. The highest BCUT2D eigenvalue weighted by molar-refractivity contribution is 7.98. The molecule has 0 saturated carbocycles. The van der Waals surface area contributed by atoms with E-state index < -0.39 is 6.04 Å². The Morgan fingerprint density at radius 3 is 3.00 bits per heavy atom. The number of nitrogens with zero attached hydrogens (tertiary/aromatic N) is 1. The number of aryl methyl sites for hydroxylation is 1. The van der Waals surface area contributed by atoms with Crippen molar-refractivity contribution in [1.82, 2.24) is 4.98 Å². The molecule has 0 spiro atoms. The van der Waals surface area contributed by atoms with E-state index in [9.17, 15) is 4.79 Å². The number of rotatable bonds is 6. The second-order valence-electron chi connectivity index (χ2n) is 4.75. The van der Waals surface area contributed by atoms with E-state index in [4.69, 9.17) is 10.2 Å². The molecule has 1 atom stereocenters. The maximum Gasteiger partial charge on any atom is 0.241 e. The lowest BCUT2D eigenvalue weighted by molar-refractivity contribution is -0.117. The molecule has 0 aliphatic carbocycles. The Labute approximate surface area is 128 Å². The van der Waals surface area contributed by atoms with Crippen molar-refractivity contribution in [2.24, 2.45) is 5.73 Å². The summed E-state index contributed by atoms with van der Waals surface area (Å²) >= 11 is 1.68. The highest BCUT2D eigenvalue weighted by atomic mass is 32.2. The first-order chi connectivity index (χ1) is 10.1. The summed E-state index contributed by atoms with van der Waals surface area (Å²) in [4.78, 5) is 16.3. The highest BCUT2D eigenvalue weighted by Crippen LogP contribution is 2.22. The summed E-state index contributed by atoms with van der Waals surface area (Å²) in [7, 11) is 0. The van der Waals surface area contributed by atoms with Crippen molar-refractivity contribution in [2.45, 2.75) is 19.4 Å². The van der Waals surface area contributed by atoms with Crippen LogP contribution in [0.1, 0.15) is 12.1 Å². The first-order valence-electron chi connectivity index (χ1n) is 6.68. The van der Waals surface area contributed by atoms with Crippen LogP contribution in [0, 0.1) is 6.92 Å². The zero-order valence-electron chi connectivity index (χ0n) is 12.1. The molecule has 3 N–H and O–H groups in total. The predicted octanol–water partition coefficient (Wildman–Crippen LogP) is 2.67. The lowest BCUT2D eigenvalue weighted by Gasteiger charge is -2.12. The Hall–Kier alpha value is -1.79. The number of hydrogen-bond acceptors (Lipinski definition) is 5. The van der Waals surface area contributed by atoms with Crippen molar-refractivity contribution in [3.63, 3.8) is 0 Å². The van der Waals surface area contributed by atoms with E-state index in [-0.39, 0.29) is 5.91 Å². The number of benzene rings is 1. The lowest BCUT2D eigenvalue weighted by Crippen LogP contribution is -2.36. The summed E-state index contributed by atoms with van der Waals surface area (Å²) in [5.41, 5.74) is 8.17. The van der Waals surface area contributed by atoms with Crippen LogP contribution in [0.5, 0.6) is 0 Å². The average Bonchev–Trinajstić information content (AvgIpc) is 2.91. The highest BCUT2D eigenvalue weighted by Gasteiger charge is 2.13. The Balaban J connectivity index is 2.06. The second kappa shape index (κ2) is 7.28. The van der Waals surface area contributed by atoms with Gasteiger partial charge in [0.2, 0.25) is 11.8 Å². The van der Waals surface area contributed by atoms with Gasteiger partial charge in [-0.2, -0.15) is 11.8 Å². The minimum Gasteiger partial charge on any atom is -0.444 e. The molecule has 0 unspecified atom stereocenters. The van der Waals surface area contributed by atoms with Crippen LogP contribution in [-0.4, -0.2) is 28.9 Å². The van der Waals surface area contributed by atoms with Gasteiger partial charge in [-0.3, -0.25) is 4.79 Å². The van der Waals surface area contributed by atoms with Crippen LogP contribution < -0.4 is 11.1 Å². The molecule has 0 aliphatic rings. The number of anilines is 1. The monoisotopic (exact) mass is 305 g/mol. The molecule has 5 nitrogen and oxygen atoms in total. The van der Waals surface area contributed by atoms with Crippen molar-refractivity contribution in [3.8, 4) is 11.5 Å². The normalized spacial score (nSPS) is 12.1. The Morgan fingerprint density at radius 2 is 2.33 bits per heavy atom. The van der Waals surface area contributed by atoms with E-state index in [2.05, 4.69) is 10.3 Å². The molecule has 0 saturated heterocycles. The van der Waals surface area contributed by atoms with E-state index in [1.54, 1.807) is 18.0 Å². The number of hydrogen-bond donors (Lipinski definition) is 2. The Kier molecular flexibility index (Phi) is 5.41. The van der Waals surface area contributed by atoms with Crippen molar-refractivity contribution >= 4 is 23.4 Å². The fraction of sp³-hybridized carbons (Fsp3) is 0.333. The third-order valence-corrected chi connectivity index (χ3v) is 3.61. The average molecular weight is 305 g/mol. The molecule has 2 rings (SSSR count). The fourth-order valence-electron chi connectivity index (χ4n) is 1.83. The number of oxazole rings is 1. The summed E-state index contributed by atoms with van der Waals surface area (Å²) in [6.45, 7) is 1.86. The predicted molar refractivity (Wildman–Crippen MR) is 86.3 cm³/mol. The molecule has 1 amide bonds. The van der Waals surface area contributed by atoms with Gasteiger partial charge in [-0.25, -0.2) is 4.98 Å². The van der Waals surface area contributed by atoms with Crippen molar-refractivity contribution < 1.29 is 9.21 Å². The Bertz CT molecular complexity index is 612. The molecule has 0 bridgehead atoms. The van der Waals surface area contributed by atoms with E-state index in [1.165, 1.54) is 0 Å². The van der Waals surface area contributed by atoms with E-state index in [0.29, 0.717) is 18.0 Å². The van der Waals surface area contributed by atoms with Crippen LogP contribution in [0.25, 0.3) is 11.5 Å². The molecule has 1 aromatic carbocycles. The molecular formula is C15H19N3O2S. The summed E-state index contributed by atoms with van der Waals surface area (Å²) < 4.78 is 5.36. The number of nitrogens with two attached hydrogens (primary N) is 1. The second-order valence-corrected chi connectivity index (χ2v) is 5.74. The van der Waals surface area contributed by atoms with Gasteiger partial charge >= 0.3 is 0 Å². The number of carbonyl (C=O) groups is 1. The van der Waals surface area contributed by atoms with Gasteiger partial charge in [-0.15, -0.1) is 0 Å². The van der Waals surface area contributed by atoms with E-state index in [0.717, 1.165) is 17.0 Å². The van der Waals surface area contributed by atoms with Gasteiger partial charge in [0.15, 0.2) is 0 Å². The molecule has 6 heteroatoms. The summed E-state index contributed by atoms with van der Waals surface area (Å²) in [5, 5.41) is 2.82. The largest absolute Gasteiger partial charge is 0.444 e. The molecule has 0 aliphatic heterocycles. The van der Waals surface area contributed by atoms with Gasteiger partial charge in [-0.1, -0.05) is 6.07 Å². The standard InChI is InChI=1S/C15H19N3O2S/c1-10-9-20-15(17-10)11-4-3-5-12(8-11)18-14(19)13(16)6-7-21-2/h3-5,8-9,13H,6-7,16H2,1-2H3,(H,18,19)/t13-/m0/s1. The smallest absolute Gasteiger partial charge is 0.241 e. The summed E-state index contributed by atoms with van der Waals surface area (Å²) in [5.74, 6) is 1.23. The van der Waals surface area contributed by atoms with Gasteiger partial charge in [0.05, 0.1) is 11.7 Å². The molecular weight excluding hydrogens is 286 g/mol. The van der Waals surface area contributed by atoms with E-state index in [1.807, 2.05) is 37.4 Å². The summed E-state index contributed by atoms with van der Waals surface area (Å²) in [6, 6.07) is 6.88. The number of carbonyl (C=O) groups excluding carboxylic acids is 1. The summed E-state index contributed by atoms with van der Waals surface area (Å²) in [6.07, 6.45) is 4.25. The van der Waals surface area contributed by atoms with Gasteiger partial charge in [0.25, 0.3) is 0 Å². The first-order valence-corrected chi connectivity index (χ1v) is 8.07. The number of amides is 1. The van der Waals surface area contributed by atoms with Crippen LogP contribution in [0.2, 0.25) is 0 Å². The molecule has 1 aromatic heterocycles. The third kappa shape index (κ3) is 4.34. The molecule has 1 heterocycles. The molecule has 2 aromatic rings. The molecule has 21 heavy (non-hydrogen) atoms. The quantitative estimate of drug-likeness (QED) is 0.857. The maximum atomic E-state index is 12.0. The molecule has 0 fully saturated rings. The number of thioether (sulfide) groups is 1. The van der Waals surface area contributed by atoms with Crippen LogP contribution in [-0.2, 0) is 4.79 Å². The van der Waals surface area contributed by atoms with Crippen molar-refractivity contribution in [1.29, 1.82) is 0 Å². The van der Waals surface area contributed by atoms with E-state index >= 15 is 0 Å². The lowest BCUT2D eigenvalue weighted by atomic mass is 10.2. The molecule has 112 valence electrons. The van der Waals surface area contributed by atoms with Gasteiger partial charge in [0, 0.05) is 11.3 Å². The van der Waals surface area contributed by atoms with Crippen molar-refractivity contribution in [2.75, 3.05) is 17.3 Å². The third-order valence-electron chi connectivity index (χ3n) is 2.97. The van der Waals surface area contributed by atoms with Gasteiger partial charge in [-0.05, 0) is 43.6 Å².